The van der Waals surface area contributed by atoms with Crippen LogP contribution in [0, 0.1) is 0 Å². The van der Waals surface area contributed by atoms with E-state index in [0.29, 0.717) is 0 Å². The summed E-state index contributed by atoms with van der Waals surface area (Å²) in [6.45, 7) is 2.89. The molecule has 1 unspecified atom stereocenters. The van der Waals surface area contributed by atoms with E-state index in [0.717, 1.165) is 6.54 Å². The Hall–Kier alpha value is -1.41. The number of hydrogen-bond donors (Lipinski definition) is 1. The summed E-state index contributed by atoms with van der Waals surface area (Å²) in [5, 5.41) is 0. The van der Waals surface area contributed by atoms with Crippen LogP contribution in [0.1, 0.15) is 12.5 Å². The van der Waals surface area contributed by atoms with Crippen LogP contribution in [0.5, 0.6) is 0 Å². The molecular weight excluding hydrogens is 172 g/mol. The van der Waals surface area contributed by atoms with Crippen molar-refractivity contribution in [3.05, 3.63) is 48.2 Å². The van der Waals surface area contributed by atoms with E-state index in [1.807, 2.05) is 31.5 Å². The van der Waals surface area contributed by atoms with Crippen LogP contribution in [0.3, 0.4) is 0 Å². The molecule has 2 heteroatoms. The summed E-state index contributed by atoms with van der Waals surface area (Å²) >= 11 is 0. The summed E-state index contributed by atoms with van der Waals surface area (Å²) in [6, 6.07) is 10.4. The molecule has 14 heavy (non-hydrogen) atoms. The van der Waals surface area contributed by atoms with Gasteiger partial charge in [-0.15, -0.1) is 0 Å². The highest BCUT2D eigenvalue weighted by Crippen LogP contribution is 2.08. The van der Waals surface area contributed by atoms with Crippen LogP contribution in [-0.4, -0.2) is 16.3 Å². The molecule has 2 nitrogen and oxygen atoms in total. The minimum Gasteiger partial charge on any atom is -0.314 e. The molecule has 0 spiro atoms. The number of benzene rings is 1. The molecule has 0 radical (unpaired) electrons. The van der Waals surface area contributed by atoms with E-state index in [-0.39, 0.29) is 5.54 Å². The van der Waals surface area contributed by atoms with Gasteiger partial charge in [0.2, 0.25) is 0 Å². The van der Waals surface area contributed by atoms with Gasteiger partial charge in [-0.05, 0) is 6.92 Å². The van der Waals surface area contributed by atoms with Crippen molar-refractivity contribution in [2.45, 2.75) is 19.0 Å². The fraction of sp³-hybridized carbons (Fsp3) is 0.250. The zero-order chi connectivity index (χ0) is 10.0. The minimum absolute atomic E-state index is 0.283. The van der Waals surface area contributed by atoms with Gasteiger partial charge in [-0.2, -0.15) is 0 Å². The lowest BCUT2D eigenvalue weighted by Gasteiger charge is -2.03. The first-order valence-electron chi connectivity index (χ1n) is 4.80. The van der Waals surface area contributed by atoms with Crippen LogP contribution >= 0.6 is 0 Å². The maximum Gasteiger partial charge on any atom is 0.173 e. The molecule has 1 atom stereocenters. The molecule has 2 N–H and O–H groups in total. The van der Waals surface area contributed by atoms with Gasteiger partial charge < -0.3 is 5.73 Å². The van der Waals surface area contributed by atoms with Crippen molar-refractivity contribution in [2.24, 2.45) is 5.73 Å². The van der Waals surface area contributed by atoms with Crippen molar-refractivity contribution in [3.8, 4) is 0 Å². The standard InChI is InChI=1S/C12H15N2/c1-12(13)7-8-14(10-12)9-11-5-3-2-4-6-11/h2-8,10H,9,13H2,1H3/q+1. The zero-order valence-electron chi connectivity index (χ0n) is 8.35. The monoisotopic (exact) mass is 187 g/mol. The Morgan fingerprint density at radius 3 is 2.57 bits per heavy atom. The van der Waals surface area contributed by atoms with E-state index >= 15 is 0 Å². The number of rotatable bonds is 2. The highest BCUT2D eigenvalue weighted by Gasteiger charge is 2.24. The Kier molecular flexibility index (Phi) is 2.22. The Bertz CT molecular complexity index is 375. The number of hydrogen-bond acceptors (Lipinski definition) is 1. The molecule has 0 bridgehead atoms. The molecule has 0 aliphatic carbocycles. The summed E-state index contributed by atoms with van der Waals surface area (Å²) in [7, 11) is 0. The molecule has 0 saturated heterocycles. The third kappa shape index (κ3) is 2.09. The van der Waals surface area contributed by atoms with Gasteiger partial charge in [0.05, 0.1) is 0 Å². The van der Waals surface area contributed by atoms with Gasteiger partial charge in [0.1, 0.15) is 5.54 Å². The second-order valence-electron chi connectivity index (χ2n) is 3.97. The predicted octanol–water partition coefficient (Wildman–Crippen LogP) is 1.51. The van der Waals surface area contributed by atoms with Crippen molar-refractivity contribution in [1.29, 1.82) is 0 Å². The van der Waals surface area contributed by atoms with Crippen LogP contribution in [-0.2, 0) is 6.54 Å². The van der Waals surface area contributed by atoms with Gasteiger partial charge in [-0.1, -0.05) is 30.3 Å². The SMILES string of the molecule is CC1(N)C=C[N+](Cc2ccccc2)=C1. The highest BCUT2D eigenvalue weighted by molar-refractivity contribution is 5.69. The number of nitrogens with zero attached hydrogens (tertiary/aromatic N) is 1. The van der Waals surface area contributed by atoms with Gasteiger partial charge in [0, 0.05) is 11.6 Å². The molecule has 1 aliphatic rings. The summed E-state index contributed by atoms with van der Waals surface area (Å²) < 4.78 is 2.12. The molecule has 1 heterocycles. The third-order valence-corrected chi connectivity index (χ3v) is 2.28. The van der Waals surface area contributed by atoms with E-state index in [4.69, 9.17) is 5.73 Å². The van der Waals surface area contributed by atoms with Crippen molar-refractivity contribution in [3.63, 3.8) is 0 Å². The van der Waals surface area contributed by atoms with Crippen LogP contribution in [0.4, 0.5) is 0 Å². The summed E-state index contributed by atoms with van der Waals surface area (Å²) in [6.07, 6.45) is 6.09. The van der Waals surface area contributed by atoms with Crippen LogP contribution in [0.25, 0.3) is 0 Å². The predicted molar refractivity (Wildman–Crippen MR) is 58.2 cm³/mol. The van der Waals surface area contributed by atoms with Gasteiger partial charge >= 0.3 is 0 Å². The van der Waals surface area contributed by atoms with Crippen LogP contribution < -0.4 is 5.73 Å². The minimum atomic E-state index is -0.283. The molecule has 1 aliphatic heterocycles. The van der Waals surface area contributed by atoms with Crippen LogP contribution in [0.15, 0.2) is 42.6 Å². The van der Waals surface area contributed by atoms with Crippen molar-refractivity contribution < 1.29 is 4.58 Å². The normalized spacial score (nSPS) is 25.1. The lowest BCUT2D eigenvalue weighted by atomic mass is 10.1. The molecule has 2 rings (SSSR count). The van der Waals surface area contributed by atoms with E-state index in [1.54, 1.807) is 0 Å². The second-order valence-corrected chi connectivity index (χ2v) is 3.97. The number of nitrogens with two attached hydrogens (primary N) is 1. The lowest BCUT2D eigenvalue weighted by Crippen LogP contribution is -2.34. The van der Waals surface area contributed by atoms with Gasteiger partial charge in [-0.25, -0.2) is 4.58 Å². The van der Waals surface area contributed by atoms with Gasteiger partial charge in [0.15, 0.2) is 19.0 Å². The fourth-order valence-corrected chi connectivity index (χ4v) is 1.59. The van der Waals surface area contributed by atoms with E-state index in [1.165, 1.54) is 5.56 Å². The maximum absolute atomic E-state index is 5.94. The topological polar surface area (TPSA) is 29.0 Å². The van der Waals surface area contributed by atoms with E-state index < -0.39 is 0 Å². The largest absolute Gasteiger partial charge is 0.314 e. The van der Waals surface area contributed by atoms with E-state index in [2.05, 4.69) is 28.8 Å². The van der Waals surface area contributed by atoms with E-state index in [9.17, 15) is 0 Å². The van der Waals surface area contributed by atoms with Crippen molar-refractivity contribution in [1.82, 2.24) is 0 Å². The Labute approximate surface area is 84.4 Å². The van der Waals surface area contributed by atoms with Gasteiger partial charge in [0.25, 0.3) is 0 Å². The maximum atomic E-state index is 5.94. The highest BCUT2D eigenvalue weighted by atomic mass is 15.0. The molecule has 1 aromatic rings. The quantitative estimate of drug-likeness (QED) is 0.699. The van der Waals surface area contributed by atoms with Crippen LogP contribution in [0.2, 0.25) is 0 Å². The first-order valence-corrected chi connectivity index (χ1v) is 4.80. The molecule has 0 fully saturated rings. The third-order valence-electron chi connectivity index (χ3n) is 2.28. The first kappa shape index (κ1) is 9.16. The second kappa shape index (κ2) is 3.39. The first-order chi connectivity index (χ1) is 6.66. The van der Waals surface area contributed by atoms with Crippen molar-refractivity contribution >= 4 is 6.21 Å². The molecule has 0 aromatic heterocycles. The zero-order valence-corrected chi connectivity index (χ0v) is 8.35. The average Bonchev–Trinajstić information content (AvgIpc) is 2.47. The fourth-order valence-electron chi connectivity index (χ4n) is 1.59. The molecule has 0 saturated carbocycles. The Morgan fingerprint density at radius 1 is 1.29 bits per heavy atom. The Morgan fingerprint density at radius 2 is 2.00 bits per heavy atom. The molecule has 72 valence electrons. The average molecular weight is 187 g/mol. The lowest BCUT2D eigenvalue weighted by molar-refractivity contribution is -0.467. The molecular formula is C12H15N2+. The summed E-state index contributed by atoms with van der Waals surface area (Å²) in [4.78, 5) is 0. The molecule has 1 aromatic carbocycles. The summed E-state index contributed by atoms with van der Waals surface area (Å²) in [5.41, 5.74) is 6.95. The van der Waals surface area contributed by atoms with Crippen molar-refractivity contribution in [2.75, 3.05) is 0 Å². The summed E-state index contributed by atoms with van der Waals surface area (Å²) in [5.74, 6) is 0. The van der Waals surface area contributed by atoms with Gasteiger partial charge in [-0.3, -0.25) is 0 Å². The molecule has 0 amide bonds. The Balaban J connectivity index is 2.11. The smallest absolute Gasteiger partial charge is 0.173 e.